The smallest absolute Gasteiger partial charge is 0.338 e. The van der Waals surface area contributed by atoms with Crippen molar-refractivity contribution in [2.75, 3.05) is 12.0 Å². The number of benzene rings is 1. The molecule has 0 bridgehead atoms. The minimum atomic E-state index is -0.513. The summed E-state index contributed by atoms with van der Waals surface area (Å²) in [7, 11) is 0. The molecular formula is C9H11FN2O2. The molecule has 0 amide bonds. The quantitative estimate of drug-likeness (QED) is 0.436. The van der Waals surface area contributed by atoms with E-state index in [9.17, 15) is 9.18 Å². The van der Waals surface area contributed by atoms with Gasteiger partial charge in [-0.3, -0.25) is 5.84 Å². The molecule has 0 aliphatic heterocycles. The summed E-state index contributed by atoms with van der Waals surface area (Å²) in [6, 6.07) is 3.79. The van der Waals surface area contributed by atoms with E-state index in [1.54, 1.807) is 6.92 Å². The van der Waals surface area contributed by atoms with Crippen molar-refractivity contribution in [2.45, 2.75) is 6.92 Å². The highest BCUT2D eigenvalue weighted by Crippen LogP contribution is 2.15. The van der Waals surface area contributed by atoms with Gasteiger partial charge in [-0.2, -0.15) is 0 Å². The Labute approximate surface area is 80.8 Å². The molecule has 1 aromatic rings. The molecule has 1 aromatic carbocycles. The lowest BCUT2D eigenvalue weighted by Gasteiger charge is -2.05. The first-order chi connectivity index (χ1) is 6.69. The zero-order chi connectivity index (χ0) is 10.6. The van der Waals surface area contributed by atoms with E-state index < -0.39 is 11.8 Å². The van der Waals surface area contributed by atoms with E-state index in [0.29, 0.717) is 0 Å². The molecule has 0 saturated carbocycles. The number of esters is 1. The number of halogens is 1. The number of carbonyl (C=O) groups is 1. The number of hydrazine groups is 1. The van der Waals surface area contributed by atoms with E-state index in [1.807, 2.05) is 0 Å². The van der Waals surface area contributed by atoms with E-state index in [4.69, 9.17) is 10.6 Å². The Kier molecular flexibility index (Phi) is 3.41. The van der Waals surface area contributed by atoms with Crippen LogP contribution in [0.5, 0.6) is 0 Å². The van der Waals surface area contributed by atoms with Crippen LogP contribution >= 0.6 is 0 Å². The predicted molar refractivity (Wildman–Crippen MR) is 50.2 cm³/mol. The van der Waals surface area contributed by atoms with Crippen LogP contribution in [0.25, 0.3) is 0 Å². The van der Waals surface area contributed by atoms with Crippen molar-refractivity contribution in [3.63, 3.8) is 0 Å². The molecule has 76 valence electrons. The minimum Gasteiger partial charge on any atom is -0.462 e. The third-order valence-corrected chi connectivity index (χ3v) is 1.63. The van der Waals surface area contributed by atoms with Crippen molar-refractivity contribution in [1.29, 1.82) is 0 Å². The molecule has 3 N–H and O–H groups in total. The van der Waals surface area contributed by atoms with E-state index in [-0.39, 0.29) is 17.9 Å². The Morgan fingerprint density at radius 2 is 2.36 bits per heavy atom. The number of nitrogens with two attached hydrogens (primary N) is 1. The fraction of sp³-hybridized carbons (Fsp3) is 0.222. The molecule has 0 atom stereocenters. The van der Waals surface area contributed by atoms with Crippen molar-refractivity contribution in [1.82, 2.24) is 0 Å². The average Bonchev–Trinajstić information content (AvgIpc) is 2.19. The van der Waals surface area contributed by atoms with Crippen LogP contribution < -0.4 is 11.3 Å². The van der Waals surface area contributed by atoms with Crippen LogP contribution in [0, 0.1) is 5.82 Å². The third kappa shape index (κ3) is 2.20. The molecule has 0 spiro atoms. The Morgan fingerprint density at radius 3 is 2.93 bits per heavy atom. The van der Waals surface area contributed by atoms with E-state index >= 15 is 0 Å². The second-order valence-electron chi connectivity index (χ2n) is 2.56. The van der Waals surface area contributed by atoms with Gasteiger partial charge in [0.25, 0.3) is 0 Å². The molecule has 14 heavy (non-hydrogen) atoms. The van der Waals surface area contributed by atoms with Gasteiger partial charge in [0.05, 0.1) is 17.9 Å². The predicted octanol–water partition coefficient (Wildman–Crippen LogP) is 1.29. The van der Waals surface area contributed by atoms with Crippen LogP contribution in [-0.4, -0.2) is 12.6 Å². The van der Waals surface area contributed by atoms with Gasteiger partial charge in [-0.05, 0) is 25.1 Å². The molecule has 0 saturated heterocycles. The summed E-state index contributed by atoms with van der Waals surface area (Å²) in [6.45, 7) is 1.98. The zero-order valence-electron chi connectivity index (χ0n) is 7.71. The first-order valence-electron chi connectivity index (χ1n) is 4.12. The van der Waals surface area contributed by atoms with Crippen molar-refractivity contribution in [3.05, 3.63) is 29.6 Å². The van der Waals surface area contributed by atoms with Crippen molar-refractivity contribution < 1.29 is 13.9 Å². The summed E-state index contributed by atoms with van der Waals surface area (Å²) in [6.07, 6.45) is 0. The van der Waals surface area contributed by atoms with Crippen LogP contribution in [0.3, 0.4) is 0 Å². The van der Waals surface area contributed by atoms with Crippen LogP contribution in [0.1, 0.15) is 17.3 Å². The first-order valence-corrected chi connectivity index (χ1v) is 4.12. The SMILES string of the molecule is CCOC(=O)c1ccc(F)c(NN)c1. The van der Waals surface area contributed by atoms with Gasteiger partial charge >= 0.3 is 5.97 Å². The molecule has 4 nitrogen and oxygen atoms in total. The van der Waals surface area contributed by atoms with Gasteiger partial charge < -0.3 is 10.2 Å². The van der Waals surface area contributed by atoms with Crippen LogP contribution in [0.15, 0.2) is 18.2 Å². The van der Waals surface area contributed by atoms with Crippen molar-refractivity contribution in [2.24, 2.45) is 5.84 Å². The Balaban J connectivity index is 2.94. The summed E-state index contributed by atoms with van der Waals surface area (Å²) >= 11 is 0. The molecule has 1 rings (SSSR count). The molecule has 5 heteroatoms. The number of ether oxygens (including phenoxy) is 1. The lowest BCUT2D eigenvalue weighted by Crippen LogP contribution is -2.11. The monoisotopic (exact) mass is 198 g/mol. The number of hydrogen-bond acceptors (Lipinski definition) is 4. The van der Waals surface area contributed by atoms with E-state index in [0.717, 1.165) is 6.07 Å². The Morgan fingerprint density at radius 1 is 1.64 bits per heavy atom. The van der Waals surface area contributed by atoms with Crippen molar-refractivity contribution in [3.8, 4) is 0 Å². The molecular weight excluding hydrogens is 187 g/mol. The Bertz CT molecular complexity index is 342. The number of anilines is 1. The summed E-state index contributed by atoms with van der Waals surface area (Å²) in [4.78, 5) is 11.2. The van der Waals surface area contributed by atoms with Gasteiger partial charge in [-0.25, -0.2) is 9.18 Å². The summed E-state index contributed by atoms with van der Waals surface area (Å²) in [5.74, 6) is 4.04. The first kappa shape index (κ1) is 10.5. The number of nitrogen functional groups attached to an aromatic ring is 1. The van der Waals surface area contributed by atoms with Crippen molar-refractivity contribution >= 4 is 11.7 Å². The molecule has 0 aliphatic rings. The Hall–Kier alpha value is -1.62. The van der Waals surface area contributed by atoms with Gasteiger partial charge in [0, 0.05) is 0 Å². The highest BCUT2D eigenvalue weighted by molar-refractivity contribution is 5.90. The number of carbonyl (C=O) groups excluding carboxylic acids is 1. The van der Waals surface area contributed by atoms with Gasteiger partial charge in [-0.15, -0.1) is 0 Å². The summed E-state index contributed by atoms with van der Waals surface area (Å²) in [5.41, 5.74) is 2.48. The van der Waals surface area contributed by atoms with Crippen LogP contribution in [0.2, 0.25) is 0 Å². The zero-order valence-corrected chi connectivity index (χ0v) is 7.71. The van der Waals surface area contributed by atoms with Gasteiger partial charge in [0.1, 0.15) is 5.82 Å². The topological polar surface area (TPSA) is 64.3 Å². The lowest BCUT2D eigenvalue weighted by atomic mass is 10.2. The number of nitrogens with one attached hydrogen (secondary N) is 1. The molecule has 0 unspecified atom stereocenters. The van der Waals surface area contributed by atoms with Gasteiger partial charge in [0.15, 0.2) is 0 Å². The maximum atomic E-state index is 12.9. The highest BCUT2D eigenvalue weighted by Gasteiger charge is 2.09. The van der Waals surface area contributed by atoms with E-state index in [1.165, 1.54) is 12.1 Å². The van der Waals surface area contributed by atoms with Crippen LogP contribution in [-0.2, 0) is 4.74 Å². The molecule has 0 aliphatic carbocycles. The number of rotatable bonds is 3. The molecule has 0 radical (unpaired) electrons. The van der Waals surface area contributed by atoms with E-state index in [2.05, 4.69) is 5.43 Å². The molecule has 0 aromatic heterocycles. The minimum absolute atomic E-state index is 0.0653. The largest absolute Gasteiger partial charge is 0.462 e. The fourth-order valence-corrected chi connectivity index (χ4v) is 0.977. The summed E-state index contributed by atoms with van der Waals surface area (Å²) < 4.78 is 17.7. The maximum absolute atomic E-state index is 12.9. The number of hydrogen-bond donors (Lipinski definition) is 2. The fourth-order valence-electron chi connectivity index (χ4n) is 0.977. The van der Waals surface area contributed by atoms with Gasteiger partial charge in [0.2, 0.25) is 0 Å². The maximum Gasteiger partial charge on any atom is 0.338 e. The second kappa shape index (κ2) is 4.57. The lowest BCUT2D eigenvalue weighted by molar-refractivity contribution is 0.0526. The van der Waals surface area contributed by atoms with Crippen LogP contribution in [0.4, 0.5) is 10.1 Å². The van der Waals surface area contributed by atoms with Gasteiger partial charge in [-0.1, -0.05) is 0 Å². The highest BCUT2D eigenvalue weighted by atomic mass is 19.1. The standard InChI is InChI=1S/C9H11FN2O2/c1-2-14-9(13)6-3-4-7(10)8(5-6)12-11/h3-5,12H,2,11H2,1H3. The average molecular weight is 198 g/mol. The normalized spacial score (nSPS) is 9.64. The third-order valence-electron chi connectivity index (χ3n) is 1.63. The molecule has 0 fully saturated rings. The summed E-state index contributed by atoms with van der Waals surface area (Å²) in [5, 5.41) is 0. The molecule has 0 heterocycles. The second-order valence-corrected chi connectivity index (χ2v) is 2.56.